The Labute approximate surface area is 207 Å². The summed E-state index contributed by atoms with van der Waals surface area (Å²) < 4.78 is 10.1. The molecule has 0 fully saturated rings. The van der Waals surface area contributed by atoms with Gasteiger partial charge in [-0.1, -0.05) is 48.5 Å². The van der Waals surface area contributed by atoms with Crippen LogP contribution in [-0.4, -0.2) is 49.2 Å². The lowest BCUT2D eigenvalue weighted by molar-refractivity contribution is -0.142. The van der Waals surface area contributed by atoms with Gasteiger partial charge in [-0.2, -0.15) is 0 Å². The van der Waals surface area contributed by atoms with E-state index in [4.69, 9.17) is 9.47 Å². The zero-order chi connectivity index (χ0) is 25.8. The Morgan fingerprint density at radius 1 is 0.639 bits per heavy atom. The summed E-state index contributed by atoms with van der Waals surface area (Å²) in [5, 5.41) is 4.78. The first-order chi connectivity index (χ1) is 17.4. The van der Waals surface area contributed by atoms with Crippen molar-refractivity contribution >= 4 is 29.5 Å². The fourth-order valence-electron chi connectivity index (χ4n) is 2.99. The molecule has 0 unspecified atom stereocenters. The van der Waals surface area contributed by atoms with E-state index in [1.165, 1.54) is 24.3 Å². The molecule has 0 aliphatic carbocycles. The molecule has 3 aromatic carbocycles. The molecule has 0 aliphatic heterocycles. The van der Waals surface area contributed by atoms with Crippen LogP contribution >= 0.6 is 0 Å². The standard InChI is InChI=1S/C27H24N2O7/c30-23(20-11-13-22(14-12-20)36-27(34)21-9-5-2-6-10-21)18-35-26(33)17-29-25(32)16-28-24(31)15-19-7-3-1-4-8-19/h1-14H,15-18H2,(H,28,31)(H,29,32). The maximum Gasteiger partial charge on any atom is 0.343 e. The van der Waals surface area contributed by atoms with Crippen LogP contribution in [0.4, 0.5) is 0 Å². The third-order valence-corrected chi connectivity index (χ3v) is 4.84. The largest absolute Gasteiger partial charge is 0.456 e. The van der Waals surface area contributed by atoms with Gasteiger partial charge in [0.1, 0.15) is 12.3 Å². The zero-order valence-electron chi connectivity index (χ0n) is 19.3. The quantitative estimate of drug-likeness (QED) is 0.240. The van der Waals surface area contributed by atoms with Crippen LogP contribution in [0.15, 0.2) is 84.9 Å². The van der Waals surface area contributed by atoms with E-state index < -0.39 is 36.8 Å². The molecule has 0 saturated carbocycles. The maximum absolute atomic E-state index is 12.2. The molecule has 9 nitrogen and oxygen atoms in total. The molecule has 0 heterocycles. The van der Waals surface area contributed by atoms with Gasteiger partial charge in [0, 0.05) is 5.56 Å². The Morgan fingerprint density at radius 3 is 1.92 bits per heavy atom. The van der Waals surface area contributed by atoms with Crippen molar-refractivity contribution in [3.05, 3.63) is 102 Å². The van der Waals surface area contributed by atoms with Crippen molar-refractivity contribution in [2.24, 2.45) is 0 Å². The molecular weight excluding hydrogens is 464 g/mol. The maximum atomic E-state index is 12.2. The average Bonchev–Trinajstić information content (AvgIpc) is 2.90. The Kier molecular flexibility index (Phi) is 9.46. The summed E-state index contributed by atoms with van der Waals surface area (Å²) in [5.74, 6) is -2.44. The fourth-order valence-corrected chi connectivity index (χ4v) is 2.99. The number of rotatable bonds is 11. The van der Waals surface area contributed by atoms with Gasteiger partial charge in [0.05, 0.1) is 18.5 Å². The summed E-state index contributed by atoms with van der Waals surface area (Å²) in [6.07, 6.45) is 0.134. The summed E-state index contributed by atoms with van der Waals surface area (Å²) in [7, 11) is 0. The molecule has 3 rings (SSSR count). The van der Waals surface area contributed by atoms with Gasteiger partial charge in [-0.05, 0) is 42.0 Å². The number of hydrogen-bond donors (Lipinski definition) is 2. The van der Waals surface area contributed by atoms with Gasteiger partial charge in [-0.3, -0.25) is 19.2 Å². The van der Waals surface area contributed by atoms with Crippen LogP contribution in [-0.2, 0) is 25.5 Å². The number of Topliss-reactive ketones (excluding diaryl/α,β-unsaturated/α-hetero) is 1. The first-order valence-corrected chi connectivity index (χ1v) is 11.0. The number of nitrogens with one attached hydrogen (secondary N) is 2. The molecule has 0 atom stereocenters. The highest BCUT2D eigenvalue weighted by Crippen LogP contribution is 2.15. The number of ether oxygens (including phenoxy) is 2. The van der Waals surface area contributed by atoms with Gasteiger partial charge >= 0.3 is 11.9 Å². The first-order valence-electron chi connectivity index (χ1n) is 11.0. The lowest BCUT2D eigenvalue weighted by Gasteiger charge is -2.08. The summed E-state index contributed by atoms with van der Waals surface area (Å²) in [5.41, 5.74) is 1.46. The molecule has 36 heavy (non-hydrogen) atoms. The van der Waals surface area contributed by atoms with Crippen molar-refractivity contribution in [3.8, 4) is 5.75 Å². The second kappa shape index (κ2) is 13.2. The van der Waals surface area contributed by atoms with Gasteiger partial charge in [0.15, 0.2) is 12.4 Å². The highest BCUT2D eigenvalue weighted by Gasteiger charge is 2.13. The first kappa shape index (κ1) is 25.8. The fraction of sp³-hybridized carbons (Fsp3) is 0.148. The normalized spacial score (nSPS) is 10.1. The predicted octanol–water partition coefficient (Wildman–Crippen LogP) is 2.11. The lowest BCUT2D eigenvalue weighted by Crippen LogP contribution is -2.40. The van der Waals surface area contributed by atoms with E-state index in [0.29, 0.717) is 5.56 Å². The van der Waals surface area contributed by atoms with E-state index in [9.17, 15) is 24.0 Å². The van der Waals surface area contributed by atoms with E-state index in [1.807, 2.05) is 18.2 Å². The number of esters is 2. The van der Waals surface area contributed by atoms with Crippen molar-refractivity contribution < 1.29 is 33.4 Å². The second-order valence-electron chi connectivity index (χ2n) is 7.58. The predicted molar refractivity (Wildman–Crippen MR) is 129 cm³/mol. The van der Waals surface area contributed by atoms with Crippen LogP contribution in [0.3, 0.4) is 0 Å². The number of carbonyl (C=O) groups is 5. The summed E-state index contributed by atoms with van der Waals surface area (Å²) in [4.78, 5) is 59.8. The minimum Gasteiger partial charge on any atom is -0.456 e. The highest BCUT2D eigenvalue weighted by molar-refractivity contribution is 5.98. The summed E-state index contributed by atoms with van der Waals surface area (Å²) in [6.45, 7) is -1.26. The van der Waals surface area contributed by atoms with Gasteiger partial charge in [0.2, 0.25) is 11.8 Å². The molecule has 0 aromatic heterocycles. The third kappa shape index (κ3) is 8.53. The molecule has 0 radical (unpaired) electrons. The Morgan fingerprint density at radius 2 is 1.25 bits per heavy atom. The number of amides is 2. The molecule has 2 N–H and O–H groups in total. The zero-order valence-corrected chi connectivity index (χ0v) is 19.3. The molecular formula is C27H24N2O7. The SMILES string of the molecule is O=C(CNC(=O)Cc1ccccc1)NCC(=O)OCC(=O)c1ccc(OC(=O)c2ccccc2)cc1. The van der Waals surface area contributed by atoms with Crippen molar-refractivity contribution in [3.63, 3.8) is 0 Å². The number of ketones is 1. The monoisotopic (exact) mass is 488 g/mol. The van der Waals surface area contributed by atoms with Crippen LogP contribution < -0.4 is 15.4 Å². The number of hydrogen-bond acceptors (Lipinski definition) is 7. The molecule has 3 aromatic rings. The van der Waals surface area contributed by atoms with E-state index in [-0.39, 0.29) is 30.2 Å². The van der Waals surface area contributed by atoms with Crippen LogP contribution in [0.5, 0.6) is 5.75 Å². The van der Waals surface area contributed by atoms with Crippen molar-refractivity contribution in [2.45, 2.75) is 6.42 Å². The topological polar surface area (TPSA) is 128 Å². The molecule has 0 saturated heterocycles. The number of carbonyl (C=O) groups excluding carboxylic acids is 5. The molecule has 0 spiro atoms. The minimum absolute atomic E-state index is 0.134. The van der Waals surface area contributed by atoms with Crippen molar-refractivity contribution in [1.29, 1.82) is 0 Å². The Balaban J connectivity index is 1.34. The van der Waals surface area contributed by atoms with Crippen LogP contribution in [0.1, 0.15) is 26.3 Å². The van der Waals surface area contributed by atoms with E-state index in [2.05, 4.69) is 10.6 Å². The highest BCUT2D eigenvalue weighted by atomic mass is 16.5. The van der Waals surface area contributed by atoms with Gasteiger partial charge < -0.3 is 20.1 Å². The van der Waals surface area contributed by atoms with E-state index in [0.717, 1.165) is 5.56 Å². The van der Waals surface area contributed by atoms with Crippen molar-refractivity contribution in [1.82, 2.24) is 10.6 Å². The molecule has 184 valence electrons. The molecule has 9 heteroatoms. The molecule has 0 bridgehead atoms. The van der Waals surface area contributed by atoms with E-state index in [1.54, 1.807) is 42.5 Å². The smallest absolute Gasteiger partial charge is 0.343 e. The van der Waals surface area contributed by atoms with E-state index >= 15 is 0 Å². The molecule has 2 amide bonds. The minimum atomic E-state index is -0.805. The second-order valence-corrected chi connectivity index (χ2v) is 7.58. The average molecular weight is 488 g/mol. The van der Waals surface area contributed by atoms with Gasteiger partial charge in [0.25, 0.3) is 0 Å². The third-order valence-electron chi connectivity index (χ3n) is 4.84. The van der Waals surface area contributed by atoms with Crippen LogP contribution in [0.2, 0.25) is 0 Å². The Bertz CT molecular complexity index is 1210. The Hall–Kier alpha value is -4.79. The molecule has 0 aliphatic rings. The lowest BCUT2D eigenvalue weighted by atomic mass is 10.1. The van der Waals surface area contributed by atoms with Crippen LogP contribution in [0.25, 0.3) is 0 Å². The summed E-state index contributed by atoms with van der Waals surface area (Å²) >= 11 is 0. The van der Waals surface area contributed by atoms with Gasteiger partial charge in [-0.15, -0.1) is 0 Å². The van der Waals surface area contributed by atoms with Crippen LogP contribution in [0, 0.1) is 0 Å². The summed E-state index contributed by atoms with van der Waals surface area (Å²) in [6, 6.07) is 23.3. The van der Waals surface area contributed by atoms with Crippen molar-refractivity contribution in [2.75, 3.05) is 19.7 Å². The number of benzene rings is 3. The van der Waals surface area contributed by atoms with Gasteiger partial charge in [-0.25, -0.2) is 4.79 Å².